The van der Waals surface area contributed by atoms with Gasteiger partial charge < -0.3 is 10.6 Å². The molecule has 0 saturated carbocycles. The number of anilines is 4. The van der Waals surface area contributed by atoms with E-state index in [2.05, 4.69) is 30.0 Å². The van der Waals surface area contributed by atoms with Gasteiger partial charge in [0.15, 0.2) is 11.6 Å². The molecule has 0 fully saturated rings. The van der Waals surface area contributed by atoms with Crippen LogP contribution in [0.2, 0.25) is 0 Å². The average Bonchev–Trinajstić information content (AvgIpc) is 2.90. The second-order valence-electron chi connectivity index (χ2n) is 8.31. The van der Waals surface area contributed by atoms with Gasteiger partial charge in [0, 0.05) is 24.5 Å². The van der Waals surface area contributed by atoms with Crippen LogP contribution in [-0.4, -0.2) is 33.3 Å². The second kappa shape index (κ2) is 11.8. The van der Waals surface area contributed by atoms with E-state index in [0.717, 1.165) is 17.3 Å². The van der Waals surface area contributed by atoms with Gasteiger partial charge in [-0.1, -0.05) is 43.3 Å². The average molecular weight is 572 g/mol. The standard InChI is InChI=1S/C25H26FN7O4S2/c1-2-29-39(36,37)30-15-17-4-3-5-21(14-17)31-24-23(26)16-28-25(33-24)32-20-10-6-18(7-11-20)19-8-12-22(13-9-19)38(27,34)35/h3-14,16,29-30H,2,15H2,1H3,(H2,27,34,35)(H2,28,31,32,33). The van der Waals surface area contributed by atoms with Gasteiger partial charge in [-0.3, -0.25) is 0 Å². The molecule has 4 rings (SSSR count). The summed E-state index contributed by atoms with van der Waals surface area (Å²) in [5, 5.41) is 11.1. The normalized spacial score (nSPS) is 11.8. The van der Waals surface area contributed by atoms with E-state index in [1.807, 2.05) is 12.1 Å². The van der Waals surface area contributed by atoms with Crippen molar-refractivity contribution in [2.45, 2.75) is 18.4 Å². The maximum absolute atomic E-state index is 14.5. The molecule has 0 unspecified atom stereocenters. The highest BCUT2D eigenvalue weighted by Gasteiger charge is 2.11. The highest BCUT2D eigenvalue weighted by molar-refractivity contribution is 7.89. The van der Waals surface area contributed by atoms with E-state index >= 15 is 0 Å². The monoisotopic (exact) mass is 571 g/mol. The molecule has 0 aliphatic heterocycles. The number of rotatable bonds is 11. The third-order valence-electron chi connectivity index (χ3n) is 5.39. The number of hydrogen-bond donors (Lipinski definition) is 5. The molecule has 1 heterocycles. The van der Waals surface area contributed by atoms with Crippen molar-refractivity contribution in [1.82, 2.24) is 19.4 Å². The zero-order chi connectivity index (χ0) is 28.0. The molecule has 0 bridgehead atoms. The Morgan fingerprint density at radius 1 is 0.846 bits per heavy atom. The molecule has 0 radical (unpaired) electrons. The molecule has 0 aliphatic rings. The van der Waals surface area contributed by atoms with Crippen molar-refractivity contribution in [1.29, 1.82) is 0 Å². The number of primary sulfonamides is 1. The summed E-state index contributed by atoms with van der Waals surface area (Å²) in [6.45, 7) is 2.00. The van der Waals surface area contributed by atoms with Gasteiger partial charge in [-0.15, -0.1) is 0 Å². The third-order valence-corrected chi connectivity index (χ3v) is 7.51. The van der Waals surface area contributed by atoms with Crippen molar-refractivity contribution in [3.05, 3.63) is 90.4 Å². The molecule has 0 aliphatic carbocycles. The van der Waals surface area contributed by atoms with Gasteiger partial charge in [0.25, 0.3) is 10.2 Å². The van der Waals surface area contributed by atoms with Crippen LogP contribution in [0.15, 0.2) is 83.9 Å². The van der Waals surface area contributed by atoms with Crippen molar-refractivity contribution < 1.29 is 21.2 Å². The summed E-state index contributed by atoms with van der Waals surface area (Å²) in [6, 6.07) is 20.2. The Morgan fingerprint density at radius 3 is 2.15 bits per heavy atom. The lowest BCUT2D eigenvalue weighted by Gasteiger charge is -2.11. The molecule has 0 atom stereocenters. The SMILES string of the molecule is CCNS(=O)(=O)NCc1cccc(Nc2nc(Nc3ccc(-c4ccc(S(N)(=O)=O)cc4)cc3)ncc2F)c1. The fourth-order valence-electron chi connectivity index (χ4n) is 3.54. The number of aromatic nitrogens is 2. The van der Waals surface area contributed by atoms with Crippen LogP contribution in [0.25, 0.3) is 11.1 Å². The van der Waals surface area contributed by atoms with E-state index in [4.69, 9.17) is 5.14 Å². The summed E-state index contributed by atoms with van der Waals surface area (Å²) in [5.74, 6) is -0.583. The minimum atomic E-state index is -3.76. The van der Waals surface area contributed by atoms with Crippen LogP contribution in [0, 0.1) is 5.82 Å². The molecular formula is C25H26FN7O4S2. The minimum Gasteiger partial charge on any atom is -0.338 e. The fourth-order valence-corrected chi connectivity index (χ4v) is 4.90. The smallest absolute Gasteiger partial charge is 0.277 e. The van der Waals surface area contributed by atoms with Gasteiger partial charge in [-0.2, -0.15) is 18.1 Å². The van der Waals surface area contributed by atoms with E-state index < -0.39 is 26.0 Å². The van der Waals surface area contributed by atoms with Gasteiger partial charge in [-0.05, 0) is 53.1 Å². The molecule has 11 nitrogen and oxygen atoms in total. The van der Waals surface area contributed by atoms with Crippen LogP contribution in [0.3, 0.4) is 0 Å². The van der Waals surface area contributed by atoms with E-state index in [1.54, 1.807) is 55.5 Å². The summed E-state index contributed by atoms with van der Waals surface area (Å²) < 4.78 is 65.8. The highest BCUT2D eigenvalue weighted by atomic mass is 32.2. The predicted molar refractivity (Wildman–Crippen MR) is 148 cm³/mol. The van der Waals surface area contributed by atoms with Crippen LogP contribution in [0.5, 0.6) is 0 Å². The van der Waals surface area contributed by atoms with Crippen molar-refractivity contribution in [2.75, 3.05) is 17.2 Å². The molecule has 204 valence electrons. The lowest BCUT2D eigenvalue weighted by Crippen LogP contribution is -2.35. The highest BCUT2D eigenvalue weighted by Crippen LogP contribution is 2.25. The van der Waals surface area contributed by atoms with Crippen LogP contribution in [0.1, 0.15) is 12.5 Å². The number of sulfonamides is 1. The van der Waals surface area contributed by atoms with Crippen LogP contribution in [-0.2, 0) is 26.8 Å². The van der Waals surface area contributed by atoms with E-state index in [9.17, 15) is 21.2 Å². The zero-order valence-corrected chi connectivity index (χ0v) is 22.4. The Hall–Kier alpha value is -3.95. The Balaban J connectivity index is 1.44. The first-order chi connectivity index (χ1) is 18.5. The first-order valence-corrected chi connectivity index (χ1v) is 14.7. The first-order valence-electron chi connectivity index (χ1n) is 11.7. The van der Waals surface area contributed by atoms with Crippen molar-refractivity contribution in [3.8, 4) is 11.1 Å². The summed E-state index contributed by atoms with van der Waals surface area (Å²) in [6.07, 6.45) is 1.04. The Bertz CT molecular complexity index is 1670. The third kappa shape index (κ3) is 7.78. The van der Waals surface area contributed by atoms with Gasteiger partial charge in [-0.25, -0.2) is 27.7 Å². The van der Waals surface area contributed by atoms with E-state index in [0.29, 0.717) is 16.9 Å². The number of hydrogen-bond acceptors (Lipinski definition) is 8. The number of nitrogens with one attached hydrogen (secondary N) is 4. The number of nitrogens with two attached hydrogens (primary N) is 1. The lowest BCUT2D eigenvalue weighted by molar-refractivity contribution is 0.568. The molecule has 39 heavy (non-hydrogen) atoms. The van der Waals surface area contributed by atoms with Gasteiger partial charge in [0.1, 0.15) is 0 Å². The summed E-state index contributed by atoms with van der Waals surface area (Å²) in [7, 11) is -7.37. The minimum absolute atomic E-state index is 0.0306. The first kappa shape index (κ1) is 28.1. The Kier molecular flexibility index (Phi) is 8.52. The quantitative estimate of drug-likeness (QED) is 0.183. The maximum Gasteiger partial charge on any atom is 0.277 e. The molecule has 14 heteroatoms. The van der Waals surface area contributed by atoms with Crippen LogP contribution >= 0.6 is 0 Å². The Labute approximate surface area is 225 Å². The van der Waals surface area contributed by atoms with Gasteiger partial charge in [0.2, 0.25) is 16.0 Å². The van der Waals surface area contributed by atoms with Gasteiger partial charge in [0.05, 0.1) is 11.1 Å². The molecule has 1 aromatic heterocycles. The Morgan fingerprint density at radius 2 is 1.51 bits per heavy atom. The zero-order valence-electron chi connectivity index (χ0n) is 20.7. The molecule has 0 amide bonds. The van der Waals surface area contributed by atoms with Gasteiger partial charge >= 0.3 is 0 Å². The molecule has 0 spiro atoms. The fraction of sp³-hybridized carbons (Fsp3) is 0.120. The van der Waals surface area contributed by atoms with Crippen molar-refractivity contribution in [3.63, 3.8) is 0 Å². The predicted octanol–water partition coefficient (Wildman–Crippen LogP) is 3.36. The van der Waals surface area contributed by atoms with E-state index in [-0.39, 0.29) is 29.8 Å². The largest absolute Gasteiger partial charge is 0.338 e. The van der Waals surface area contributed by atoms with Crippen LogP contribution < -0.4 is 25.2 Å². The molecule has 4 aromatic rings. The second-order valence-corrected chi connectivity index (χ2v) is 11.5. The molecular weight excluding hydrogens is 545 g/mol. The number of halogens is 1. The molecule has 3 aromatic carbocycles. The topological polar surface area (TPSA) is 168 Å². The summed E-state index contributed by atoms with van der Waals surface area (Å²) in [4.78, 5) is 8.24. The molecule has 6 N–H and O–H groups in total. The maximum atomic E-state index is 14.5. The number of benzene rings is 3. The molecule has 0 saturated heterocycles. The van der Waals surface area contributed by atoms with Crippen LogP contribution in [0.4, 0.5) is 27.5 Å². The summed E-state index contributed by atoms with van der Waals surface area (Å²) >= 11 is 0. The van der Waals surface area contributed by atoms with Crippen molar-refractivity contribution >= 4 is 43.4 Å². The van der Waals surface area contributed by atoms with Crippen molar-refractivity contribution in [2.24, 2.45) is 5.14 Å². The lowest BCUT2D eigenvalue weighted by atomic mass is 10.1. The number of nitrogens with zero attached hydrogens (tertiary/aromatic N) is 2. The van der Waals surface area contributed by atoms with E-state index in [1.165, 1.54) is 12.1 Å². The summed E-state index contributed by atoms with van der Waals surface area (Å²) in [5.41, 5.74) is 3.46.